The zero-order valence-electron chi connectivity index (χ0n) is 37.1. The molecule has 2 atom stereocenters. The van der Waals surface area contributed by atoms with Gasteiger partial charge in [0.1, 0.15) is 0 Å². The van der Waals surface area contributed by atoms with Gasteiger partial charge in [-0.2, -0.15) is 34.4 Å². The van der Waals surface area contributed by atoms with Crippen molar-refractivity contribution in [2.45, 2.75) is 143 Å². The Hall–Kier alpha value is -2.54. The molecule has 0 fully saturated rings. The van der Waals surface area contributed by atoms with Crippen LogP contribution in [0.2, 0.25) is 0 Å². The predicted octanol–water partition coefficient (Wildman–Crippen LogP) is 14.4. The van der Waals surface area contributed by atoms with E-state index in [1.165, 1.54) is 94.2 Å². The molecule has 0 saturated heterocycles. The van der Waals surface area contributed by atoms with E-state index in [0.29, 0.717) is 23.7 Å². The molecule has 6 aliphatic carbocycles. The van der Waals surface area contributed by atoms with Crippen molar-refractivity contribution >= 4 is 6.88 Å². The summed E-state index contributed by atoms with van der Waals surface area (Å²) in [5.41, 5.74) is 21.1. The first-order valence-corrected chi connectivity index (χ1v) is 26.7. The predicted molar refractivity (Wildman–Crippen MR) is 244 cm³/mol. The Bertz CT molecular complexity index is 1840. The molecule has 0 radical (unpaired) electrons. The number of hydrogen-bond acceptors (Lipinski definition) is 0. The summed E-state index contributed by atoms with van der Waals surface area (Å²) in [4.78, 5) is 0. The van der Waals surface area contributed by atoms with Crippen LogP contribution in [0.3, 0.4) is 0 Å². The van der Waals surface area contributed by atoms with Gasteiger partial charge in [-0.3, -0.25) is 0 Å². The van der Waals surface area contributed by atoms with Crippen molar-refractivity contribution < 1.29 is 23.3 Å². The maximum absolute atomic E-state index is 3.72. The zero-order valence-corrected chi connectivity index (χ0v) is 41.0. The Balaban J connectivity index is 0.000000230. The fourth-order valence-electron chi connectivity index (χ4n) is 9.32. The standard InChI is InChI=1S/2C26H31.2CH3.H2Si.Zr/c2*1-17(2)13-18-14-21-16-20-7-6-8-23(20)25(24(21)15-18)19-9-11-22(12-10-19)26(3,4)5;;;;/h2*9-12,15-17,25H,6-8,13H2,1-5H3;2*1H3;1H2;/q4*-1;;. The molecule has 2 aromatic rings. The van der Waals surface area contributed by atoms with Crippen LogP contribution >= 0.6 is 0 Å². The fourth-order valence-corrected chi connectivity index (χ4v) is 9.32. The van der Waals surface area contributed by atoms with Crippen LogP contribution in [0.25, 0.3) is 0 Å². The third kappa shape index (κ3) is 10.2. The molecule has 0 aliphatic heterocycles. The Labute approximate surface area is 360 Å². The van der Waals surface area contributed by atoms with Gasteiger partial charge in [0.15, 0.2) is 0 Å². The number of rotatable bonds is 6. The molecular weight excluding hydrogens is 768 g/mol. The van der Waals surface area contributed by atoms with Gasteiger partial charge >= 0.3 is 30.2 Å². The molecule has 298 valence electrons. The van der Waals surface area contributed by atoms with Gasteiger partial charge in [-0.1, -0.05) is 140 Å². The van der Waals surface area contributed by atoms with Gasteiger partial charge in [0.25, 0.3) is 0 Å². The topological polar surface area (TPSA) is 0 Å². The van der Waals surface area contributed by atoms with Gasteiger partial charge in [0.05, 0.1) is 0 Å². The van der Waals surface area contributed by atoms with Crippen molar-refractivity contribution in [1.29, 1.82) is 0 Å². The van der Waals surface area contributed by atoms with Crippen LogP contribution in [-0.4, -0.2) is 6.88 Å². The summed E-state index contributed by atoms with van der Waals surface area (Å²) < 4.78 is 0. The van der Waals surface area contributed by atoms with Gasteiger partial charge in [-0.25, -0.2) is 0 Å². The van der Waals surface area contributed by atoms with E-state index in [-0.39, 0.29) is 25.7 Å². The van der Waals surface area contributed by atoms with Gasteiger partial charge in [0.2, 0.25) is 0 Å². The van der Waals surface area contributed by atoms with Crippen molar-refractivity contribution in [1.82, 2.24) is 0 Å². The van der Waals surface area contributed by atoms with Crippen LogP contribution in [0.5, 0.6) is 0 Å². The Morgan fingerprint density at radius 3 is 1.20 bits per heavy atom. The Kier molecular flexibility index (Phi) is 15.7. The minimum atomic E-state index is 0. The summed E-state index contributed by atoms with van der Waals surface area (Å²) in [6.45, 7) is 24.9. The molecule has 6 aliphatic rings. The summed E-state index contributed by atoms with van der Waals surface area (Å²) in [7, 11) is 0. The maximum atomic E-state index is 3.72. The van der Waals surface area contributed by atoms with Crippen LogP contribution in [0, 0.1) is 38.8 Å². The van der Waals surface area contributed by atoms with Gasteiger partial charge in [0, 0.05) is 0 Å². The number of allylic oxidation sites excluding steroid dienone is 16. The molecule has 0 aromatic heterocycles. The van der Waals surface area contributed by atoms with E-state index in [2.05, 4.69) is 154 Å². The monoisotopic (exact) mass is 836 g/mol. The van der Waals surface area contributed by atoms with Crippen molar-refractivity contribution in [3.8, 4) is 0 Å². The third-order valence-corrected chi connectivity index (χ3v) is 11.9. The normalized spacial score (nSPS) is 20.7. The second-order valence-corrected chi connectivity index (χ2v) is 19.2. The van der Waals surface area contributed by atoms with E-state index in [1.54, 1.807) is 45.6 Å². The van der Waals surface area contributed by atoms with Crippen molar-refractivity contribution in [2.75, 3.05) is 0 Å². The average molecular weight is 838 g/mol. The molecule has 0 amide bonds. The number of fused-ring (bicyclic) bond motifs is 2. The molecule has 8 rings (SSSR count). The van der Waals surface area contributed by atoms with Crippen molar-refractivity contribution in [3.63, 3.8) is 0 Å². The summed E-state index contributed by atoms with van der Waals surface area (Å²) in [5.74, 6) is 2.25. The SMILES string of the molecule is CC(C)CC1=[C-]C2=CC3=C(CCC3)C(c3ccc(C(C)(C)C)cc3)C2=C1.CC(C)CC1=[C-]C2=CC3=C(CCC3)C(c3ccc(C(C)(C)C)cc3)C2=C1.[CH3-].[CH3-].[SiH2]=[Zr]. The van der Waals surface area contributed by atoms with E-state index in [4.69, 9.17) is 0 Å². The second kappa shape index (κ2) is 19.0. The molecule has 2 aromatic carbocycles. The second-order valence-electron chi connectivity index (χ2n) is 19.2. The molecule has 2 unspecified atom stereocenters. The van der Waals surface area contributed by atoms with Crippen LogP contribution in [0.1, 0.15) is 155 Å². The van der Waals surface area contributed by atoms with Crippen LogP contribution in [0.4, 0.5) is 0 Å². The Morgan fingerprint density at radius 1 is 0.554 bits per heavy atom. The van der Waals surface area contributed by atoms with Gasteiger partial charge in [-0.05, 0) is 108 Å². The van der Waals surface area contributed by atoms with E-state index >= 15 is 0 Å². The molecule has 0 bridgehead atoms. The van der Waals surface area contributed by atoms with E-state index in [0.717, 1.165) is 12.8 Å². The average Bonchev–Trinajstić information content (AvgIpc) is 3.92. The summed E-state index contributed by atoms with van der Waals surface area (Å²) in [5, 5.41) is 0. The molecule has 56 heavy (non-hydrogen) atoms. The van der Waals surface area contributed by atoms with Crippen LogP contribution < -0.4 is 0 Å². The van der Waals surface area contributed by atoms with Gasteiger partial charge in [-0.15, -0.1) is 35.5 Å². The zero-order chi connectivity index (χ0) is 38.9. The molecule has 2 heteroatoms. The summed E-state index contributed by atoms with van der Waals surface area (Å²) in [6, 6.07) is 18.8. The fraction of sp³-hybridized carbons (Fsp3) is 0.444. The molecule has 0 saturated carbocycles. The minimum absolute atomic E-state index is 0. The molecule has 0 nitrogen and oxygen atoms in total. The molecular formula is C54H70SiZr-4. The first-order valence-electron chi connectivity index (χ1n) is 20.8. The molecule has 0 N–H and O–H groups in total. The van der Waals surface area contributed by atoms with Crippen LogP contribution in [-0.2, 0) is 34.2 Å². The van der Waals surface area contributed by atoms with E-state index in [1.807, 2.05) is 6.88 Å². The molecule has 0 spiro atoms. The Morgan fingerprint density at radius 2 is 0.893 bits per heavy atom. The quantitative estimate of drug-likeness (QED) is 0.201. The third-order valence-electron chi connectivity index (χ3n) is 11.9. The summed E-state index contributed by atoms with van der Waals surface area (Å²) >= 11 is 1.58. The summed E-state index contributed by atoms with van der Waals surface area (Å²) in [6.07, 6.45) is 27.0. The molecule has 0 heterocycles. The van der Waals surface area contributed by atoms with Crippen LogP contribution in [0.15, 0.2) is 129 Å². The first-order chi connectivity index (χ1) is 25.7. The van der Waals surface area contributed by atoms with Crippen molar-refractivity contribution in [2.24, 2.45) is 11.8 Å². The van der Waals surface area contributed by atoms with E-state index < -0.39 is 0 Å². The van der Waals surface area contributed by atoms with E-state index in [9.17, 15) is 0 Å². The number of hydrogen-bond donors (Lipinski definition) is 0. The van der Waals surface area contributed by atoms with Crippen molar-refractivity contribution in [3.05, 3.63) is 178 Å². The first kappa shape index (κ1) is 46.2. The number of benzene rings is 2. The van der Waals surface area contributed by atoms with Gasteiger partial charge < -0.3 is 14.9 Å².